The highest BCUT2D eigenvalue weighted by molar-refractivity contribution is 8.14. The number of carbonyl (C=O) groups is 2. The maximum absolute atomic E-state index is 13.2. The van der Waals surface area contributed by atoms with Crippen molar-refractivity contribution in [1.29, 1.82) is 0 Å². The van der Waals surface area contributed by atoms with Crippen LogP contribution in [0.5, 0.6) is 0 Å². The predicted molar refractivity (Wildman–Crippen MR) is 135 cm³/mol. The van der Waals surface area contributed by atoms with E-state index in [0.29, 0.717) is 16.4 Å². The Bertz CT molecular complexity index is 1180. The van der Waals surface area contributed by atoms with Crippen LogP contribution in [-0.4, -0.2) is 22.7 Å². The van der Waals surface area contributed by atoms with Gasteiger partial charge >= 0.3 is 0 Å². The number of hydrogen-bond donors (Lipinski definition) is 3. The summed E-state index contributed by atoms with van der Waals surface area (Å²) in [4.78, 5) is 30.4. The van der Waals surface area contributed by atoms with E-state index in [4.69, 9.17) is 4.99 Å². The predicted octanol–water partition coefficient (Wildman–Crippen LogP) is 4.97. The van der Waals surface area contributed by atoms with Gasteiger partial charge in [-0.2, -0.15) is 0 Å². The van der Waals surface area contributed by atoms with Gasteiger partial charge in [-0.3, -0.25) is 9.59 Å². The first-order valence-corrected chi connectivity index (χ1v) is 11.5. The van der Waals surface area contributed by atoms with Crippen molar-refractivity contribution in [3.05, 3.63) is 108 Å². The Kier molecular flexibility index (Phi) is 7.22. The lowest BCUT2D eigenvalue weighted by Crippen LogP contribution is -2.32. The number of amides is 2. The van der Waals surface area contributed by atoms with Gasteiger partial charge in [0.15, 0.2) is 5.17 Å². The lowest BCUT2D eigenvalue weighted by Gasteiger charge is -2.26. The van der Waals surface area contributed by atoms with Gasteiger partial charge in [-0.25, -0.2) is 4.99 Å². The van der Waals surface area contributed by atoms with Gasteiger partial charge in [0.05, 0.1) is 11.3 Å². The molecular weight excluding hydrogens is 432 g/mol. The van der Waals surface area contributed by atoms with E-state index >= 15 is 0 Å². The van der Waals surface area contributed by atoms with E-state index in [1.807, 2.05) is 97.9 Å². The Morgan fingerprint density at radius 1 is 0.848 bits per heavy atom. The number of allylic oxidation sites excluding steroid dienone is 1. The van der Waals surface area contributed by atoms with Crippen LogP contribution in [0.15, 0.2) is 107 Å². The number of anilines is 2. The zero-order chi connectivity index (χ0) is 23.0. The smallest absolute Gasteiger partial charge is 0.255 e. The van der Waals surface area contributed by atoms with Gasteiger partial charge in [0, 0.05) is 17.1 Å². The van der Waals surface area contributed by atoms with E-state index in [-0.39, 0.29) is 17.6 Å². The molecule has 1 heterocycles. The molecule has 0 aromatic heterocycles. The van der Waals surface area contributed by atoms with Crippen molar-refractivity contribution in [3.8, 4) is 0 Å². The number of para-hydroxylation sites is 2. The van der Waals surface area contributed by atoms with Gasteiger partial charge in [-0.15, -0.1) is 0 Å². The SMILES string of the molecule is CC1=C(C(=O)Nc2ccccc2)[C@H](c2ccccc2)N=C(SCC(=O)Nc2ccccc2)N1. The molecule has 1 aliphatic rings. The van der Waals surface area contributed by atoms with Gasteiger partial charge < -0.3 is 16.0 Å². The summed E-state index contributed by atoms with van der Waals surface area (Å²) in [5.74, 6) is -0.142. The lowest BCUT2D eigenvalue weighted by atomic mass is 9.96. The molecule has 6 nitrogen and oxygen atoms in total. The molecule has 0 radical (unpaired) electrons. The standard InChI is InChI=1S/C26H24N4O2S/c1-18-23(25(32)29-21-15-9-4-10-16-21)24(19-11-5-2-6-12-19)30-26(27-18)33-17-22(31)28-20-13-7-3-8-14-20/h2-16,24H,17H2,1H3,(H,27,30)(H,28,31)(H,29,32)/t24-/m0/s1. The third-order valence-electron chi connectivity index (χ3n) is 5.01. The van der Waals surface area contributed by atoms with Crippen molar-refractivity contribution >= 4 is 40.1 Å². The third-order valence-corrected chi connectivity index (χ3v) is 5.89. The minimum absolute atomic E-state index is 0.124. The molecule has 0 aliphatic carbocycles. The zero-order valence-corrected chi connectivity index (χ0v) is 18.9. The van der Waals surface area contributed by atoms with E-state index in [1.165, 1.54) is 11.8 Å². The summed E-state index contributed by atoms with van der Waals surface area (Å²) in [6.07, 6.45) is 0. The summed E-state index contributed by atoms with van der Waals surface area (Å²) < 4.78 is 0. The zero-order valence-electron chi connectivity index (χ0n) is 18.1. The summed E-state index contributed by atoms with van der Waals surface area (Å²) in [5, 5.41) is 9.63. The van der Waals surface area contributed by atoms with Gasteiger partial charge in [-0.05, 0) is 36.8 Å². The number of benzene rings is 3. The fourth-order valence-electron chi connectivity index (χ4n) is 3.46. The fraction of sp³-hybridized carbons (Fsp3) is 0.115. The molecule has 1 atom stereocenters. The molecule has 0 saturated heterocycles. The van der Waals surface area contributed by atoms with Crippen molar-refractivity contribution in [2.75, 3.05) is 16.4 Å². The Balaban J connectivity index is 1.51. The molecule has 3 aromatic rings. The molecule has 33 heavy (non-hydrogen) atoms. The number of aliphatic imine (C=N–C) groups is 1. The molecule has 166 valence electrons. The minimum Gasteiger partial charge on any atom is -0.338 e. The molecule has 2 amide bonds. The van der Waals surface area contributed by atoms with Crippen molar-refractivity contribution in [3.63, 3.8) is 0 Å². The van der Waals surface area contributed by atoms with Crippen molar-refractivity contribution in [1.82, 2.24) is 5.32 Å². The molecule has 0 unspecified atom stereocenters. The van der Waals surface area contributed by atoms with Crippen LogP contribution < -0.4 is 16.0 Å². The van der Waals surface area contributed by atoms with Crippen molar-refractivity contribution < 1.29 is 9.59 Å². The van der Waals surface area contributed by atoms with Gasteiger partial charge in [0.25, 0.3) is 5.91 Å². The maximum Gasteiger partial charge on any atom is 0.255 e. The van der Waals surface area contributed by atoms with Crippen LogP contribution in [0.2, 0.25) is 0 Å². The first-order valence-electron chi connectivity index (χ1n) is 10.5. The van der Waals surface area contributed by atoms with Crippen LogP contribution in [0, 0.1) is 0 Å². The fourth-order valence-corrected chi connectivity index (χ4v) is 4.21. The second-order valence-electron chi connectivity index (χ2n) is 7.43. The molecule has 4 rings (SSSR count). The van der Waals surface area contributed by atoms with E-state index in [0.717, 1.165) is 16.9 Å². The van der Waals surface area contributed by atoms with Gasteiger partial charge in [0.2, 0.25) is 5.91 Å². The summed E-state index contributed by atoms with van der Waals surface area (Å²) >= 11 is 1.31. The highest BCUT2D eigenvalue weighted by Gasteiger charge is 2.29. The van der Waals surface area contributed by atoms with Crippen LogP contribution in [0.25, 0.3) is 0 Å². The Labute approximate surface area is 197 Å². The van der Waals surface area contributed by atoms with Crippen LogP contribution >= 0.6 is 11.8 Å². The number of nitrogens with zero attached hydrogens (tertiary/aromatic N) is 1. The average molecular weight is 457 g/mol. The normalized spacial score (nSPS) is 15.3. The quantitative estimate of drug-likeness (QED) is 0.489. The molecule has 0 spiro atoms. The number of carbonyl (C=O) groups excluding carboxylic acids is 2. The molecule has 1 aliphatic heterocycles. The van der Waals surface area contributed by atoms with E-state index in [9.17, 15) is 9.59 Å². The van der Waals surface area contributed by atoms with E-state index < -0.39 is 6.04 Å². The summed E-state index contributed by atoms with van der Waals surface area (Å²) in [5.41, 5.74) is 3.63. The van der Waals surface area contributed by atoms with E-state index in [1.54, 1.807) is 0 Å². The highest BCUT2D eigenvalue weighted by atomic mass is 32.2. The number of thioether (sulfide) groups is 1. The Morgan fingerprint density at radius 3 is 2.00 bits per heavy atom. The average Bonchev–Trinajstić information content (AvgIpc) is 2.84. The van der Waals surface area contributed by atoms with Crippen molar-refractivity contribution in [2.24, 2.45) is 4.99 Å². The molecule has 0 fully saturated rings. The van der Waals surface area contributed by atoms with Crippen LogP contribution in [0.4, 0.5) is 11.4 Å². The monoisotopic (exact) mass is 456 g/mol. The molecule has 7 heteroatoms. The maximum atomic E-state index is 13.2. The second-order valence-corrected chi connectivity index (χ2v) is 8.40. The molecule has 3 N–H and O–H groups in total. The number of nitrogens with one attached hydrogen (secondary N) is 3. The third kappa shape index (κ3) is 5.90. The van der Waals surface area contributed by atoms with Gasteiger partial charge in [0.1, 0.15) is 6.04 Å². The number of hydrogen-bond acceptors (Lipinski definition) is 5. The largest absolute Gasteiger partial charge is 0.338 e. The summed E-state index contributed by atoms with van der Waals surface area (Å²) in [6.45, 7) is 1.86. The summed E-state index contributed by atoms with van der Waals surface area (Å²) in [6, 6.07) is 27.9. The van der Waals surface area contributed by atoms with Crippen LogP contribution in [0.3, 0.4) is 0 Å². The second kappa shape index (κ2) is 10.7. The van der Waals surface area contributed by atoms with Crippen molar-refractivity contribution in [2.45, 2.75) is 13.0 Å². The lowest BCUT2D eigenvalue weighted by molar-refractivity contribution is -0.114. The Hall–Kier alpha value is -3.84. The molecule has 0 bridgehead atoms. The molecule has 0 saturated carbocycles. The molecule has 3 aromatic carbocycles. The van der Waals surface area contributed by atoms with E-state index in [2.05, 4.69) is 16.0 Å². The summed E-state index contributed by atoms with van der Waals surface area (Å²) in [7, 11) is 0. The number of rotatable bonds is 6. The molecular formula is C26H24N4O2S. The Morgan fingerprint density at radius 2 is 1.39 bits per heavy atom. The van der Waals surface area contributed by atoms with Crippen LogP contribution in [0.1, 0.15) is 18.5 Å². The van der Waals surface area contributed by atoms with Crippen LogP contribution in [-0.2, 0) is 9.59 Å². The minimum atomic E-state index is -0.476. The first kappa shape index (κ1) is 22.4. The highest BCUT2D eigenvalue weighted by Crippen LogP contribution is 2.32. The number of amidine groups is 1. The topological polar surface area (TPSA) is 82.6 Å². The first-order chi connectivity index (χ1) is 16.1. The van der Waals surface area contributed by atoms with Gasteiger partial charge in [-0.1, -0.05) is 78.5 Å².